The van der Waals surface area contributed by atoms with Gasteiger partial charge in [0.15, 0.2) is 11.7 Å². The number of alkyl halides is 3. The van der Waals surface area contributed by atoms with E-state index in [2.05, 4.69) is 27.4 Å². The zero-order valence-corrected chi connectivity index (χ0v) is 19.6. The van der Waals surface area contributed by atoms with Gasteiger partial charge in [0.25, 0.3) is 5.91 Å². The first kappa shape index (κ1) is 23.7. The third-order valence-electron chi connectivity index (χ3n) is 6.61. The highest BCUT2D eigenvalue weighted by Gasteiger charge is 2.48. The summed E-state index contributed by atoms with van der Waals surface area (Å²) in [5.74, 6) is -0.421. The number of nitrogens with one attached hydrogen (secondary N) is 1. The van der Waals surface area contributed by atoms with Gasteiger partial charge in [0.1, 0.15) is 10.8 Å². The molecule has 0 saturated carbocycles. The maximum Gasteiger partial charge on any atom is 0.410 e. The molecule has 10 heteroatoms. The van der Waals surface area contributed by atoms with Crippen LogP contribution in [0, 0.1) is 0 Å². The van der Waals surface area contributed by atoms with E-state index in [1.807, 2.05) is 18.2 Å². The molecule has 0 aliphatic carbocycles. The number of aromatic nitrogens is 2. The minimum Gasteiger partial charge on any atom is -0.362 e. The van der Waals surface area contributed by atoms with Crippen molar-refractivity contribution in [3.8, 4) is 0 Å². The van der Waals surface area contributed by atoms with Gasteiger partial charge in [-0.05, 0) is 11.1 Å². The lowest BCUT2D eigenvalue weighted by Crippen LogP contribution is -2.48. The smallest absolute Gasteiger partial charge is 0.362 e. The number of piperazine rings is 1. The number of carbonyl (C=O) groups is 1. The van der Waals surface area contributed by atoms with Crippen LogP contribution in [0.4, 0.5) is 19.0 Å². The number of rotatable bonds is 4. The summed E-state index contributed by atoms with van der Waals surface area (Å²) in [4.78, 5) is 17.1. The molecular weight excluding hydrogens is 479 g/mol. The van der Waals surface area contributed by atoms with E-state index in [1.165, 1.54) is 5.56 Å². The molecule has 1 saturated heterocycles. The first-order chi connectivity index (χ1) is 16.8. The van der Waals surface area contributed by atoms with Gasteiger partial charge < -0.3 is 10.2 Å². The molecule has 1 fully saturated rings. The van der Waals surface area contributed by atoms with Crippen LogP contribution in [0.2, 0.25) is 5.02 Å². The number of anilines is 1. The van der Waals surface area contributed by atoms with Gasteiger partial charge in [-0.3, -0.25) is 9.69 Å². The highest BCUT2D eigenvalue weighted by atomic mass is 35.5. The third-order valence-corrected chi connectivity index (χ3v) is 6.97. The van der Waals surface area contributed by atoms with Gasteiger partial charge in [-0.25, -0.2) is 4.68 Å². The van der Waals surface area contributed by atoms with Crippen molar-refractivity contribution < 1.29 is 18.0 Å². The normalized spacial score (nSPS) is 20.9. The number of fused-ring (bicyclic) bond motifs is 1. The second-order valence-corrected chi connectivity index (χ2v) is 9.29. The van der Waals surface area contributed by atoms with Crippen LogP contribution >= 0.6 is 11.6 Å². The molecule has 0 bridgehead atoms. The Bertz CT molecular complexity index is 1180. The summed E-state index contributed by atoms with van der Waals surface area (Å²) in [6.45, 7) is 3.00. The van der Waals surface area contributed by atoms with Crippen molar-refractivity contribution in [1.82, 2.24) is 19.6 Å². The molecular formula is C25H25ClF3N5O. The van der Waals surface area contributed by atoms with Crippen molar-refractivity contribution in [2.45, 2.75) is 31.2 Å². The molecule has 3 heterocycles. The summed E-state index contributed by atoms with van der Waals surface area (Å²) in [6.07, 6.45) is -4.78. The second kappa shape index (κ2) is 9.54. The van der Waals surface area contributed by atoms with Crippen LogP contribution in [0.25, 0.3) is 0 Å². The summed E-state index contributed by atoms with van der Waals surface area (Å²) in [5.41, 5.74) is 1.76. The van der Waals surface area contributed by atoms with E-state index < -0.39 is 24.2 Å². The molecule has 2 aliphatic rings. The molecule has 5 rings (SSSR count). The Kier molecular flexibility index (Phi) is 6.46. The summed E-state index contributed by atoms with van der Waals surface area (Å²) in [6, 6.07) is 16.5. The monoisotopic (exact) mass is 503 g/mol. The molecule has 0 radical (unpaired) electrons. The Labute approximate surface area is 206 Å². The summed E-state index contributed by atoms with van der Waals surface area (Å²) in [7, 11) is 0. The summed E-state index contributed by atoms with van der Waals surface area (Å²) < 4.78 is 42.8. The Balaban J connectivity index is 1.34. The first-order valence-corrected chi connectivity index (χ1v) is 11.9. The van der Waals surface area contributed by atoms with E-state index in [0.29, 0.717) is 31.7 Å². The predicted octanol–water partition coefficient (Wildman–Crippen LogP) is 5.15. The van der Waals surface area contributed by atoms with Crippen LogP contribution in [0.1, 0.15) is 40.1 Å². The molecule has 1 aromatic heterocycles. The molecule has 1 amide bonds. The lowest BCUT2D eigenvalue weighted by Gasteiger charge is -2.34. The second-order valence-electron chi connectivity index (χ2n) is 8.91. The van der Waals surface area contributed by atoms with Gasteiger partial charge >= 0.3 is 6.18 Å². The van der Waals surface area contributed by atoms with Gasteiger partial charge in [-0.2, -0.15) is 18.3 Å². The Hall–Kier alpha value is -3.04. The fourth-order valence-corrected chi connectivity index (χ4v) is 4.99. The number of nitrogens with zero attached hydrogens (tertiary/aromatic N) is 4. The Morgan fingerprint density at radius 1 is 1.00 bits per heavy atom. The molecule has 184 valence electrons. The number of benzene rings is 2. The van der Waals surface area contributed by atoms with E-state index >= 15 is 0 Å². The molecule has 35 heavy (non-hydrogen) atoms. The van der Waals surface area contributed by atoms with E-state index in [-0.39, 0.29) is 23.0 Å². The zero-order valence-electron chi connectivity index (χ0n) is 18.9. The number of halogens is 4. The highest BCUT2D eigenvalue weighted by Crippen LogP contribution is 2.46. The maximum atomic E-state index is 14.0. The van der Waals surface area contributed by atoms with Gasteiger partial charge in [-0.1, -0.05) is 72.3 Å². The van der Waals surface area contributed by atoms with Crippen LogP contribution in [0.3, 0.4) is 0 Å². The fourth-order valence-electron chi connectivity index (χ4n) is 4.73. The largest absolute Gasteiger partial charge is 0.410 e. The maximum absolute atomic E-state index is 14.0. The van der Waals surface area contributed by atoms with E-state index in [1.54, 1.807) is 35.2 Å². The minimum atomic E-state index is -4.54. The average Bonchev–Trinajstić information content (AvgIpc) is 3.20. The first-order valence-electron chi connectivity index (χ1n) is 11.5. The number of hydrogen-bond acceptors (Lipinski definition) is 4. The van der Waals surface area contributed by atoms with E-state index in [4.69, 9.17) is 11.6 Å². The lowest BCUT2D eigenvalue weighted by molar-refractivity contribution is -0.173. The zero-order chi connectivity index (χ0) is 24.6. The van der Waals surface area contributed by atoms with Crippen molar-refractivity contribution in [2.75, 3.05) is 31.5 Å². The van der Waals surface area contributed by atoms with E-state index in [9.17, 15) is 18.0 Å². The van der Waals surface area contributed by atoms with Crippen molar-refractivity contribution >= 4 is 23.3 Å². The summed E-state index contributed by atoms with van der Waals surface area (Å²) >= 11 is 6.49. The lowest BCUT2D eigenvalue weighted by atomic mass is 9.97. The highest BCUT2D eigenvalue weighted by molar-refractivity contribution is 6.36. The van der Waals surface area contributed by atoms with Crippen molar-refractivity contribution in [2.24, 2.45) is 0 Å². The SMILES string of the molecule is O=C(c1nn2c(c1Cl)N[C@H](c1ccccc1)C[C@@H]2C(F)(F)F)N1CCN(Cc2ccccc2)CC1. The standard InChI is InChI=1S/C25H25ClF3N5O/c26-21-22(24(35)33-13-11-32(12-14-33)16-17-7-3-1-4-8-17)31-34-20(25(27,28)29)15-19(30-23(21)34)18-9-5-2-6-10-18/h1-10,19-20,30H,11-16H2/t19-,20+/m0/s1. The number of carbonyl (C=O) groups excluding carboxylic acids is 1. The average molecular weight is 504 g/mol. The minimum absolute atomic E-state index is 0.0279. The van der Waals surface area contributed by atoms with Gasteiger partial charge in [-0.15, -0.1) is 0 Å². The number of hydrogen-bond donors (Lipinski definition) is 1. The van der Waals surface area contributed by atoms with Crippen molar-refractivity contribution in [3.05, 3.63) is 82.5 Å². The molecule has 0 spiro atoms. The van der Waals surface area contributed by atoms with Crippen molar-refractivity contribution in [1.29, 1.82) is 0 Å². The van der Waals surface area contributed by atoms with Crippen molar-refractivity contribution in [3.63, 3.8) is 0 Å². The molecule has 0 unspecified atom stereocenters. The van der Waals surface area contributed by atoms with Gasteiger partial charge in [0.05, 0.1) is 6.04 Å². The van der Waals surface area contributed by atoms with Crippen LogP contribution in [0.15, 0.2) is 60.7 Å². The third kappa shape index (κ3) is 4.88. The molecule has 2 aromatic carbocycles. The van der Waals surface area contributed by atoms with Crippen LogP contribution in [-0.4, -0.2) is 57.8 Å². The fraction of sp³-hybridized carbons (Fsp3) is 0.360. The van der Waals surface area contributed by atoms with Gasteiger partial charge in [0.2, 0.25) is 0 Å². The number of amides is 1. The summed E-state index contributed by atoms with van der Waals surface area (Å²) in [5, 5.41) is 7.10. The quantitative estimate of drug-likeness (QED) is 0.534. The molecule has 2 aliphatic heterocycles. The van der Waals surface area contributed by atoms with Crippen LogP contribution < -0.4 is 5.32 Å². The molecule has 1 N–H and O–H groups in total. The van der Waals surface area contributed by atoms with Gasteiger partial charge in [0, 0.05) is 39.1 Å². The Morgan fingerprint density at radius 2 is 1.63 bits per heavy atom. The van der Waals surface area contributed by atoms with Crippen LogP contribution in [-0.2, 0) is 6.54 Å². The Morgan fingerprint density at radius 3 is 2.26 bits per heavy atom. The predicted molar refractivity (Wildman–Crippen MR) is 127 cm³/mol. The topological polar surface area (TPSA) is 53.4 Å². The molecule has 2 atom stereocenters. The molecule has 6 nitrogen and oxygen atoms in total. The van der Waals surface area contributed by atoms with Crippen LogP contribution in [0.5, 0.6) is 0 Å². The van der Waals surface area contributed by atoms with E-state index in [0.717, 1.165) is 11.2 Å². The molecule has 3 aromatic rings.